The van der Waals surface area contributed by atoms with Gasteiger partial charge in [-0.2, -0.15) is 0 Å². The first-order valence-corrected chi connectivity index (χ1v) is 9.51. The van der Waals surface area contributed by atoms with Crippen molar-refractivity contribution in [1.82, 2.24) is 9.55 Å². The van der Waals surface area contributed by atoms with E-state index in [-0.39, 0.29) is 0 Å². The molecule has 142 valence electrons. The van der Waals surface area contributed by atoms with Gasteiger partial charge in [-0.25, -0.2) is 4.98 Å². The van der Waals surface area contributed by atoms with Crippen molar-refractivity contribution in [2.45, 2.75) is 39.8 Å². The van der Waals surface area contributed by atoms with E-state index in [4.69, 9.17) is 14.5 Å². The van der Waals surface area contributed by atoms with Gasteiger partial charge in [-0.3, -0.25) is 0 Å². The van der Waals surface area contributed by atoms with Crippen LogP contribution in [-0.4, -0.2) is 16.7 Å². The second kappa shape index (κ2) is 8.76. The third-order valence-corrected chi connectivity index (χ3v) is 4.89. The number of hydrogen-bond acceptors (Lipinski definition) is 3. The van der Waals surface area contributed by atoms with E-state index in [1.54, 1.807) is 7.11 Å². The van der Waals surface area contributed by atoms with Gasteiger partial charge in [0, 0.05) is 6.54 Å². The lowest BCUT2D eigenvalue weighted by Crippen LogP contribution is -2.12. The highest BCUT2D eigenvalue weighted by Gasteiger charge is 2.14. The van der Waals surface area contributed by atoms with Crippen LogP contribution in [0.4, 0.5) is 0 Å². The average Bonchev–Trinajstić information content (AvgIpc) is 3.04. The lowest BCUT2D eigenvalue weighted by Gasteiger charge is -2.15. The van der Waals surface area contributed by atoms with Crippen molar-refractivity contribution in [1.29, 1.82) is 0 Å². The molecule has 0 bridgehead atoms. The summed E-state index contributed by atoms with van der Waals surface area (Å²) in [6.45, 7) is 9.61. The third kappa shape index (κ3) is 4.33. The minimum Gasteiger partial charge on any atom is -0.493 e. The van der Waals surface area contributed by atoms with E-state index < -0.39 is 0 Å². The summed E-state index contributed by atoms with van der Waals surface area (Å²) in [5, 5.41) is 0. The van der Waals surface area contributed by atoms with Crippen LogP contribution in [0.25, 0.3) is 11.0 Å². The number of imidazole rings is 1. The minimum absolute atomic E-state index is 0.405. The van der Waals surface area contributed by atoms with Crippen LogP contribution in [-0.2, 0) is 19.6 Å². The zero-order valence-corrected chi connectivity index (χ0v) is 16.4. The molecule has 3 aromatic rings. The molecule has 27 heavy (non-hydrogen) atoms. The first-order valence-electron chi connectivity index (χ1n) is 9.51. The maximum atomic E-state index is 6.10. The lowest BCUT2D eigenvalue weighted by atomic mass is 10.1. The molecule has 0 radical (unpaired) electrons. The Hall–Kier alpha value is -2.75. The molecule has 0 aliphatic carbocycles. The molecular weight excluding hydrogens is 336 g/mol. The summed E-state index contributed by atoms with van der Waals surface area (Å²) < 4.78 is 13.9. The molecular formula is C23H28N2O2. The van der Waals surface area contributed by atoms with Gasteiger partial charge in [-0.15, -0.1) is 6.58 Å². The Labute approximate surface area is 161 Å². The van der Waals surface area contributed by atoms with Gasteiger partial charge in [0.25, 0.3) is 0 Å². The monoisotopic (exact) mass is 364 g/mol. The van der Waals surface area contributed by atoms with Gasteiger partial charge in [0.1, 0.15) is 12.4 Å². The van der Waals surface area contributed by atoms with E-state index >= 15 is 0 Å². The van der Waals surface area contributed by atoms with Crippen molar-refractivity contribution < 1.29 is 9.47 Å². The molecule has 3 rings (SSSR count). The number of rotatable bonds is 9. The van der Waals surface area contributed by atoms with Gasteiger partial charge in [-0.1, -0.05) is 44.5 Å². The van der Waals surface area contributed by atoms with E-state index in [0.29, 0.717) is 12.5 Å². The maximum Gasteiger partial charge on any atom is 0.161 e. The Balaban J connectivity index is 1.86. The van der Waals surface area contributed by atoms with Crippen LogP contribution < -0.4 is 9.47 Å². The molecule has 0 aliphatic rings. The number of benzene rings is 2. The molecule has 1 heterocycles. The van der Waals surface area contributed by atoms with Crippen LogP contribution >= 0.6 is 0 Å². The van der Waals surface area contributed by atoms with Crippen LogP contribution in [0, 0.1) is 5.92 Å². The summed E-state index contributed by atoms with van der Waals surface area (Å²) in [6, 6.07) is 14.3. The predicted molar refractivity (Wildman–Crippen MR) is 110 cm³/mol. The zero-order valence-electron chi connectivity index (χ0n) is 16.4. The lowest BCUT2D eigenvalue weighted by molar-refractivity contribution is 0.269. The fourth-order valence-corrected chi connectivity index (χ4v) is 3.15. The van der Waals surface area contributed by atoms with Gasteiger partial charge >= 0.3 is 0 Å². The van der Waals surface area contributed by atoms with Crippen LogP contribution in [0.5, 0.6) is 11.5 Å². The third-order valence-electron chi connectivity index (χ3n) is 4.89. The van der Waals surface area contributed by atoms with Crippen molar-refractivity contribution >= 4 is 11.0 Å². The van der Waals surface area contributed by atoms with E-state index in [0.717, 1.165) is 53.3 Å². The number of methoxy groups -OCH3 is 1. The van der Waals surface area contributed by atoms with E-state index in [1.165, 1.54) is 0 Å². The molecule has 0 aliphatic heterocycles. The Morgan fingerprint density at radius 1 is 1.19 bits per heavy atom. The van der Waals surface area contributed by atoms with E-state index in [9.17, 15) is 0 Å². The summed E-state index contributed by atoms with van der Waals surface area (Å²) in [4.78, 5) is 4.80. The minimum atomic E-state index is 0.405. The topological polar surface area (TPSA) is 36.3 Å². The first kappa shape index (κ1) is 19.0. The molecule has 0 amide bonds. The Kier molecular flexibility index (Phi) is 6.17. The normalized spacial score (nSPS) is 12.1. The standard InChI is InChI=1S/C23H28N2O2/c1-5-9-18-12-13-21(22(14-18)26-4)27-16-23-24-19-10-7-8-11-20(19)25(23)15-17(3)6-2/h5,7-8,10-14,17H,1,6,9,15-16H2,2-4H3. The van der Waals surface area contributed by atoms with E-state index in [1.807, 2.05) is 30.3 Å². The van der Waals surface area contributed by atoms with Gasteiger partial charge < -0.3 is 14.0 Å². The summed E-state index contributed by atoms with van der Waals surface area (Å²) in [6.07, 6.45) is 3.82. The highest BCUT2D eigenvalue weighted by molar-refractivity contribution is 5.75. The van der Waals surface area contributed by atoms with Crippen LogP contribution in [0.1, 0.15) is 31.7 Å². The van der Waals surface area contributed by atoms with Gasteiger partial charge in [-0.05, 0) is 42.2 Å². The van der Waals surface area contributed by atoms with Crippen molar-refractivity contribution in [2.75, 3.05) is 7.11 Å². The molecule has 0 fully saturated rings. The Bertz CT molecular complexity index is 914. The summed E-state index contributed by atoms with van der Waals surface area (Å²) in [5.74, 6) is 2.98. The largest absolute Gasteiger partial charge is 0.493 e. The fourth-order valence-electron chi connectivity index (χ4n) is 3.15. The van der Waals surface area contributed by atoms with Crippen LogP contribution in [0.15, 0.2) is 55.1 Å². The molecule has 1 atom stereocenters. The maximum absolute atomic E-state index is 6.10. The van der Waals surface area contributed by atoms with Crippen LogP contribution in [0.2, 0.25) is 0 Å². The predicted octanol–water partition coefficient (Wildman–Crippen LogP) is 5.40. The molecule has 4 heteroatoms. The van der Waals surface area contributed by atoms with Crippen molar-refractivity contribution in [3.05, 3.63) is 66.5 Å². The molecule has 1 aromatic heterocycles. The quantitative estimate of drug-likeness (QED) is 0.477. The van der Waals surface area contributed by atoms with Gasteiger partial charge in [0.2, 0.25) is 0 Å². The average molecular weight is 364 g/mol. The van der Waals surface area contributed by atoms with Crippen molar-refractivity contribution in [3.8, 4) is 11.5 Å². The molecule has 0 saturated carbocycles. The molecule has 1 unspecified atom stereocenters. The summed E-state index contributed by atoms with van der Waals surface area (Å²) in [7, 11) is 1.66. The smallest absolute Gasteiger partial charge is 0.161 e. The van der Waals surface area contributed by atoms with Gasteiger partial charge in [0.05, 0.1) is 18.1 Å². The molecule has 0 saturated heterocycles. The molecule has 4 nitrogen and oxygen atoms in total. The highest BCUT2D eigenvalue weighted by atomic mass is 16.5. The van der Waals surface area contributed by atoms with Crippen molar-refractivity contribution in [2.24, 2.45) is 5.92 Å². The number of fused-ring (bicyclic) bond motifs is 1. The Morgan fingerprint density at radius 3 is 2.74 bits per heavy atom. The SMILES string of the molecule is C=CCc1ccc(OCc2nc3ccccc3n2CC(C)CC)c(OC)c1. The van der Waals surface area contributed by atoms with Gasteiger partial charge in [0.15, 0.2) is 11.5 Å². The number of allylic oxidation sites excluding steroid dienone is 1. The second-order valence-corrected chi connectivity index (χ2v) is 6.91. The molecule has 0 spiro atoms. The van der Waals surface area contributed by atoms with Crippen molar-refractivity contribution in [3.63, 3.8) is 0 Å². The first-order chi connectivity index (χ1) is 13.2. The molecule has 0 N–H and O–H groups in total. The second-order valence-electron chi connectivity index (χ2n) is 6.91. The number of hydrogen-bond donors (Lipinski definition) is 0. The number of ether oxygens (including phenoxy) is 2. The number of para-hydroxylation sites is 2. The number of nitrogens with zero attached hydrogens (tertiary/aromatic N) is 2. The van der Waals surface area contributed by atoms with Crippen LogP contribution in [0.3, 0.4) is 0 Å². The number of aromatic nitrogens is 2. The summed E-state index contributed by atoms with van der Waals surface area (Å²) in [5.41, 5.74) is 3.32. The van der Waals surface area contributed by atoms with E-state index in [2.05, 4.69) is 43.2 Å². The Morgan fingerprint density at radius 2 is 2.00 bits per heavy atom. The zero-order chi connectivity index (χ0) is 19.2. The fraction of sp³-hybridized carbons (Fsp3) is 0.348. The highest BCUT2D eigenvalue weighted by Crippen LogP contribution is 2.29. The summed E-state index contributed by atoms with van der Waals surface area (Å²) >= 11 is 0. The molecule has 2 aromatic carbocycles.